The summed E-state index contributed by atoms with van der Waals surface area (Å²) in [5, 5.41) is 0. The molecule has 5 nitrogen and oxygen atoms in total. The number of hydrogen-bond donors (Lipinski definition) is 0. The molecule has 3 fully saturated rings. The maximum atomic E-state index is 6.23. The molecule has 0 aromatic heterocycles. The van der Waals surface area contributed by atoms with Gasteiger partial charge in [-0.25, -0.2) is 0 Å². The van der Waals surface area contributed by atoms with Gasteiger partial charge in [0, 0.05) is 0 Å². The smallest absolute Gasteiger partial charge is 0.190 e. The zero-order valence-electron chi connectivity index (χ0n) is 14.2. The summed E-state index contributed by atoms with van der Waals surface area (Å²) in [5.74, 6) is -0.653. The monoisotopic (exact) mass is 333 g/mol. The summed E-state index contributed by atoms with van der Waals surface area (Å²) in [7, 11) is 0. The van der Waals surface area contributed by atoms with Crippen molar-refractivity contribution in [2.75, 3.05) is 0 Å². The van der Waals surface area contributed by atoms with Gasteiger partial charge in [-0.15, -0.1) is 0 Å². The fourth-order valence-corrected chi connectivity index (χ4v) is 3.73. The van der Waals surface area contributed by atoms with Crippen molar-refractivity contribution in [3.63, 3.8) is 0 Å². The first-order valence-corrected chi connectivity index (χ1v) is 8.67. The highest BCUT2D eigenvalue weighted by Crippen LogP contribution is 2.42. The molecule has 1 radical (unpaired) electrons. The van der Waals surface area contributed by atoms with Crippen LogP contribution in [0, 0.1) is 6.92 Å². The predicted molar refractivity (Wildman–Crippen MR) is 87.0 cm³/mol. The minimum Gasteiger partial charge on any atom is -0.372 e. The van der Waals surface area contributed by atoms with Gasteiger partial charge >= 0.3 is 0 Å². The lowest BCUT2D eigenvalue weighted by Gasteiger charge is -2.29. The summed E-state index contributed by atoms with van der Waals surface area (Å²) in [6, 6.07) is 10.1. The zero-order chi connectivity index (χ0) is 16.7. The van der Waals surface area contributed by atoms with Gasteiger partial charge in [-0.3, -0.25) is 0 Å². The van der Waals surface area contributed by atoms with Gasteiger partial charge in [0.15, 0.2) is 12.1 Å². The first-order valence-electron chi connectivity index (χ1n) is 8.67. The van der Waals surface area contributed by atoms with E-state index in [1.165, 1.54) is 0 Å². The maximum absolute atomic E-state index is 6.23. The number of benzene rings is 1. The van der Waals surface area contributed by atoms with E-state index in [0.29, 0.717) is 6.61 Å². The van der Waals surface area contributed by atoms with Crippen molar-refractivity contribution in [3.05, 3.63) is 42.8 Å². The SMILES string of the molecule is [CH2][C@H]1CC[C@@H]([C@H]2O[C@@H]3OC(C)(C)O[C@@H]3[C@H]2OCc2ccccc2)O1. The molecule has 0 bridgehead atoms. The van der Waals surface area contributed by atoms with Gasteiger partial charge in [0.1, 0.15) is 18.3 Å². The molecule has 3 aliphatic rings. The number of rotatable bonds is 4. The number of fused-ring (bicyclic) bond motifs is 1. The Hall–Kier alpha value is -0.980. The second-order valence-corrected chi connectivity index (χ2v) is 7.20. The van der Waals surface area contributed by atoms with Gasteiger partial charge in [0.05, 0.1) is 18.8 Å². The van der Waals surface area contributed by atoms with Crippen molar-refractivity contribution in [2.24, 2.45) is 0 Å². The summed E-state index contributed by atoms with van der Waals surface area (Å²) >= 11 is 0. The van der Waals surface area contributed by atoms with Gasteiger partial charge < -0.3 is 23.7 Å². The van der Waals surface area contributed by atoms with Crippen LogP contribution in [0.3, 0.4) is 0 Å². The van der Waals surface area contributed by atoms with Crippen molar-refractivity contribution < 1.29 is 23.7 Å². The van der Waals surface area contributed by atoms with Gasteiger partial charge in [-0.2, -0.15) is 0 Å². The Labute approximate surface area is 143 Å². The van der Waals surface area contributed by atoms with Gasteiger partial charge in [0.2, 0.25) is 0 Å². The van der Waals surface area contributed by atoms with Crippen LogP contribution in [0.25, 0.3) is 0 Å². The molecule has 5 heteroatoms. The molecule has 3 heterocycles. The Morgan fingerprint density at radius 3 is 2.58 bits per heavy atom. The van der Waals surface area contributed by atoms with Crippen molar-refractivity contribution in [1.29, 1.82) is 0 Å². The van der Waals surface area contributed by atoms with Crippen LogP contribution in [0.4, 0.5) is 0 Å². The average molecular weight is 333 g/mol. The molecule has 0 unspecified atom stereocenters. The quantitative estimate of drug-likeness (QED) is 0.848. The highest BCUT2D eigenvalue weighted by Gasteiger charge is 2.57. The van der Waals surface area contributed by atoms with E-state index in [1.807, 2.05) is 32.0 Å². The van der Waals surface area contributed by atoms with E-state index in [4.69, 9.17) is 23.7 Å². The van der Waals surface area contributed by atoms with Crippen LogP contribution in [-0.2, 0) is 30.3 Å². The van der Waals surface area contributed by atoms with Crippen LogP contribution in [0.5, 0.6) is 0 Å². The minimum atomic E-state index is -0.653. The molecule has 4 rings (SSSR count). The number of hydrogen-bond acceptors (Lipinski definition) is 5. The summed E-state index contributed by atoms with van der Waals surface area (Å²) in [4.78, 5) is 0. The van der Waals surface area contributed by atoms with Crippen LogP contribution in [0.1, 0.15) is 32.3 Å². The van der Waals surface area contributed by atoms with Crippen LogP contribution in [0.15, 0.2) is 30.3 Å². The molecule has 1 aromatic rings. The lowest BCUT2D eigenvalue weighted by molar-refractivity contribution is -0.231. The molecule has 0 spiro atoms. The van der Waals surface area contributed by atoms with E-state index >= 15 is 0 Å². The van der Waals surface area contributed by atoms with Crippen LogP contribution >= 0.6 is 0 Å². The third-order valence-corrected chi connectivity index (χ3v) is 4.82. The fraction of sp³-hybridized carbons (Fsp3) is 0.632. The van der Waals surface area contributed by atoms with Crippen molar-refractivity contribution in [3.8, 4) is 0 Å². The third kappa shape index (κ3) is 3.24. The summed E-state index contributed by atoms with van der Waals surface area (Å²) in [6.07, 6.45) is 0.824. The van der Waals surface area contributed by atoms with Crippen LogP contribution < -0.4 is 0 Å². The van der Waals surface area contributed by atoms with Gasteiger partial charge in [-0.05, 0) is 39.2 Å². The molecule has 24 heavy (non-hydrogen) atoms. The van der Waals surface area contributed by atoms with Gasteiger partial charge in [0.25, 0.3) is 0 Å². The molecule has 3 aliphatic heterocycles. The van der Waals surface area contributed by atoms with E-state index in [1.54, 1.807) is 0 Å². The van der Waals surface area contributed by atoms with E-state index in [0.717, 1.165) is 18.4 Å². The summed E-state index contributed by atoms with van der Waals surface area (Å²) in [6.45, 7) is 8.30. The van der Waals surface area contributed by atoms with Crippen LogP contribution in [-0.4, -0.2) is 42.6 Å². The van der Waals surface area contributed by atoms with Gasteiger partial charge in [-0.1, -0.05) is 30.3 Å². The molecule has 0 amide bonds. The normalized spacial score (nSPS) is 40.8. The van der Waals surface area contributed by atoms with E-state index in [2.05, 4.69) is 19.1 Å². The molecule has 6 atom stereocenters. The summed E-state index contributed by atoms with van der Waals surface area (Å²) < 4.78 is 30.2. The molecule has 1 aromatic carbocycles. The third-order valence-electron chi connectivity index (χ3n) is 4.82. The Balaban J connectivity index is 1.49. The molecule has 0 saturated carbocycles. The Kier molecular flexibility index (Phi) is 4.39. The van der Waals surface area contributed by atoms with Crippen molar-refractivity contribution in [2.45, 2.75) is 75.9 Å². The zero-order valence-corrected chi connectivity index (χ0v) is 14.2. The molecule has 131 valence electrons. The Bertz CT molecular complexity index is 560. The predicted octanol–water partition coefficient (Wildman–Crippen LogP) is 2.83. The van der Waals surface area contributed by atoms with Crippen molar-refractivity contribution in [1.82, 2.24) is 0 Å². The first-order chi connectivity index (χ1) is 11.5. The second-order valence-electron chi connectivity index (χ2n) is 7.20. The molecule has 0 aliphatic carbocycles. The number of ether oxygens (including phenoxy) is 5. The Morgan fingerprint density at radius 1 is 1.08 bits per heavy atom. The average Bonchev–Trinajstić information content (AvgIpc) is 3.18. The first kappa shape index (κ1) is 16.5. The summed E-state index contributed by atoms with van der Waals surface area (Å²) in [5.41, 5.74) is 1.13. The van der Waals surface area contributed by atoms with E-state index in [9.17, 15) is 0 Å². The van der Waals surface area contributed by atoms with Crippen LogP contribution in [0.2, 0.25) is 0 Å². The largest absolute Gasteiger partial charge is 0.372 e. The molecular weight excluding hydrogens is 308 g/mol. The Morgan fingerprint density at radius 2 is 1.88 bits per heavy atom. The standard InChI is InChI=1S/C19H25O5/c1-12-9-10-14(21-12)15-16(20-11-13-7-5-4-6-8-13)17-18(22-15)24-19(2,3)23-17/h4-8,12,14-18H,1,9-11H2,2-3H3/t12-,14-,15+,16-,17+,18+/m0/s1. The van der Waals surface area contributed by atoms with Crippen molar-refractivity contribution >= 4 is 0 Å². The minimum absolute atomic E-state index is 0.0193. The van der Waals surface area contributed by atoms with E-state index in [-0.39, 0.29) is 30.5 Å². The molecule has 3 saturated heterocycles. The maximum Gasteiger partial charge on any atom is 0.190 e. The molecule has 0 N–H and O–H groups in total. The second kappa shape index (κ2) is 6.39. The highest BCUT2D eigenvalue weighted by molar-refractivity contribution is 5.13. The highest BCUT2D eigenvalue weighted by atomic mass is 16.8. The topological polar surface area (TPSA) is 46.2 Å². The van der Waals surface area contributed by atoms with E-state index < -0.39 is 12.1 Å². The lowest BCUT2D eigenvalue weighted by Crippen LogP contribution is -2.42. The molecular formula is C19H25O5. The lowest BCUT2D eigenvalue weighted by atomic mass is 10.0. The fourth-order valence-electron chi connectivity index (χ4n) is 3.73.